The van der Waals surface area contributed by atoms with Crippen LogP contribution in [-0.4, -0.2) is 16.3 Å². The van der Waals surface area contributed by atoms with Crippen LogP contribution in [0.15, 0.2) is 0 Å². The number of aromatic nitrogens is 1. The first kappa shape index (κ1) is 12.8. The fourth-order valence-electron chi connectivity index (χ4n) is 5.27. The van der Waals surface area contributed by atoms with Crippen LogP contribution in [0.4, 0.5) is 5.13 Å². The van der Waals surface area contributed by atoms with E-state index in [-0.39, 0.29) is 11.3 Å². The number of Topliss-reactive ketones (excluding diaryl/α,β-unsaturated/α-hetero) is 1. The molecule has 4 fully saturated rings. The van der Waals surface area contributed by atoms with Crippen molar-refractivity contribution in [3.63, 3.8) is 0 Å². The average molecular weight is 290 g/mol. The number of carbonyl (C=O) groups is 1. The zero-order valence-electron chi connectivity index (χ0n) is 12.2. The highest BCUT2D eigenvalue weighted by Gasteiger charge is 2.51. The minimum Gasteiger partial charge on any atom is -0.356 e. The van der Waals surface area contributed by atoms with E-state index >= 15 is 0 Å². The summed E-state index contributed by atoms with van der Waals surface area (Å²) in [4.78, 5) is 17.0. The molecule has 0 saturated heterocycles. The standard InChI is InChI=1S/C16H22N2OS/c1-9-14(10(2)19)20-15(17-9)18-16-6-11-3-12(7-16)5-13(4-11)8-16/h11-13H,3-8H2,1-2H3,(H,17,18). The molecule has 3 nitrogen and oxygen atoms in total. The lowest BCUT2D eigenvalue weighted by atomic mass is 9.53. The summed E-state index contributed by atoms with van der Waals surface area (Å²) in [5.41, 5.74) is 1.17. The van der Waals surface area contributed by atoms with Gasteiger partial charge in [-0.15, -0.1) is 0 Å². The molecular formula is C16H22N2OS. The van der Waals surface area contributed by atoms with Crippen molar-refractivity contribution in [2.24, 2.45) is 17.8 Å². The maximum Gasteiger partial charge on any atom is 0.184 e. The fraction of sp³-hybridized carbons (Fsp3) is 0.750. The largest absolute Gasteiger partial charge is 0.356 e. The molecule has 108 valence electrons. The molecule has 0 atom stereocenters. The summed E-state index contributed by atoms with van der Waals surface area (Å²) in [6, 6.07) is 0. The first-order valence-electron chi connectivity index (χ1n) is 7.79. The molecule has 4 aliphatic carbocycles. The van der Waals surface area contributed by atoms with Crippen molar-refractivity contribution in [2.75, 3.05) is 5.32 Å². The van der Waals surface area contributed by atoms with Gasteiger partial charge in [-0.05, 0) is 63.2 Å². The smallest absolute Gasteiger partial charge is 0.184 e. The molecule has 1 heterocycles. The summed E-state index contributed by atoms with van der Waals surface area (Å²) in [6.07, 6.45) is 8.30. The number of aryl methyl sites for hydroxylation is 1. The van der Waals surface area contributed by atoms with Gasteiger partial charge < -0.3 is 5.32 Å². The maximum atomic E-state index is 11.6. The lowest BCUT2D eigenvalue weighted by Crippen LogP contribution is -2.54. The van der Waals surface area contributed by atoms with E-state index in [4.69, 9.17) is 0 Å². The van der Waals surface area contributed by atoms with Crippen molar-refractivity contribution in [1.29, 1.82) is 0 Å². The van der Waals surface area contributed by atoms with Crippen LogP contribution in [0, 0.1) is 24.7 Å². The second kappa shape index (κ2) is 4.30. The second-order valence-electron chi connectivity index (χ2n) is 7.31. The van der Waals surface area contributed by atoms with E-state index in [0.717, 1.165) is 33.5 Å². The summed E-state index contributed by atoms with van der Waals surface area (Å²) < 4.78 is 0. The molecule has 5 rings (SSSR count). The van der Waals surface area contributed by atoms with Crippen LogP contribution in [0.5, 0.6) is 0 Å². The Hall–Kier alpha value is -0.900. The van der Waals surface area contributed by atoms with Gasteiger partial charge in [0.05, 0.1) is 10.6 Å². The van der Waals surface area contributed by atoms with Crippen molar-refractivity contribution in [1.82, 2.24) is 4.98 Å². The number of thiazole rings is 1. The van der Waals surface area contributed by atoms with Gasteiger partial charge in [-0.25, -0.2) is 4.98 Å². The van der Waals surface area contributed by atoms with Crippen LogP contribution < -0.4 is 5.32 Å². The van der Waals surface area contributed by atoms with Gasteiger partial charge >= 0.3 is 0 Å². The van der Waals surface area contributed by atoms with E-state index in [9.17, 15) is 4.79 Å². The van der Waals surface area contributed by atoms with E-state index in [2.05, 4.69) is 10.3 Å². The van der Waals surface area contributed by atoms with Crippen LogP contribution in [0.2, 0.25) is 0 Å². The van der Waals surface area contributed by atoms with Crippen LogP contribution in [-0.2, 0) is 0 Å². The van der Waals surface area contributed by atoms with Crippen molar-refractivity contribution >= 4 is 22.3 Å². The highest BCUT2D eigenvalue weighted by Crippen LogP contribution is 2.56. The summed E-state index contributed by atoms with van der Waals surface area (Å²) in [5, 5.41) is 4.73. The Kier molecular flexibility index (Phi) is 2.75. The Bertz CT molecular complexity index is 528. The van der Waals surface area contributed by atoms with Gasteiger partial charge in [0.1, 0.15) is 0 Å². The van der Waals surface area contributed by atoms with E-state index in [1.807, 2.05) is 6.92 Å². The highest BCUT2D eigenvalue weighted by atomic mass is 32.1. The average Bonchev–Trinajstić information content (AvgIpc) is 2.67. The molecule has 1 N–H and O–H groups in total. The second-order valence-corrected chi connectivity index (χ2v) is 8.31. The molecule has 4 heteroatoms. The van der Waals surface area contributed by atoms with Gasteiger partial charge in [0, 0.05) is 12.5 Å². The van der Waals surface area contributed by atoms with Crippen LogP contribution >= 0.6 is 11.3 Å². The van der Waals surface area contributed by atoms with Crippen molar-refractivity contribution in [3.8, 4) is 0 Å². The number of rotatable bonds is 3. The van der Waals surface area contributed by atoms with Crippen molar-refractivity contribution < 1.29 is 4.79 Å². The third-order valence-electron chi connectivity index (χ3n) is 5.53. The normalized spacial score (nSPS) is 38.2. The highest BCUT2D eigenvalue weighted by molar-refractivity contribution is 7.17. The Morgan fingerprint density at radius 1 is 1.20 bits per heavy atom. The molecule has 1 aromatic heterocycles. The third kappa shape index (κ3) is 2.00. The minimum atomic E-state index is 0.138. The van der Waals surface area contributed by atoms with Gasteiger partial charge in [0.15, 0.2) is 10.9 Å². The minimum absolute atomic E-state index is 0.138. The Morgan fingerprint density at radius 2 is 1.75 bits per heavy atom. The monoisotopic (exact) mass is 290 g/mol. The summed E-state index contributed by atoms with van der Waals surface area (Å²) in [6.45, 7) is 3.58. The molecule has 0 aromatic carbocycles. The van der Waals surface area contributed by atoms with E-state index in [1.165, 1.54) is 38.5 Å². The zero-order chi connectivity index (χ0) is 13.9. The number of ketones is 1. The molecule has 0 spiro atoms. The van der Waals surface area contributed by atoms with Gasteiger partial charge in [-0.1, -0.05) is 11.3 Å². The molecule has 4 bridgehead atoms. The predicted octanol–water partition coefficient (Wildman–Crippen LogP) is 4.03. The molecule has 4 aliphatic rings. The first-order chi connectivity index (χ1) is 9.53. The topological polar surface area (TPSA) is 42.0 Å². The number of hydrogen-bond donors (Lipinski definition) is 1. The molecule has 0 amide bonds. The SMILES string of the molecule is CC(=O)c1sc(NC23CC4CC(CC(C4)C2)C3)nc1C. The van der Waals surface area contributed by atoms with Gasteiger partial charge in [-0.3, -0.25) is 4.79 Å². The molecule has 1 aromatic rings. The summed E-state index contributed by atoms with van der Waals surface area (Å²) >= 11 is 1.54. The lowest BCUT2D eigenvalue weighted by molar-refractivity contribution is 0.0107. The Labute approximate surface area is 124 Å². The van der Waals surface area contributed by atoms with E-state index < -0.39 is 0 Å². The van der Waals surface area contributed by atoms with Crippen LogP contribution in [0.1, 0.15) is 60.8 Å². The van der Waals surface area contributed by atoms with E-state index in [1.54, 1.807) is 18.3 Å². The lowest BCUT2D eigenvalue weighted by Gasteiger charge is -2.56. The number of hydrogen-bond acceptors (Lipinski definition) is 4. The number of nitrogens with one attached hydrogen (secondary N) is 1. The number of anilines is 1. The maximum absolute atomic E-state index is 11.6. The molecule has 4 saturated carbocycles. The first-order valence-corrected chi connectivity index (χ1v) is 8.61. The predicted molar refractivity (Wildman–Crippen MR) is 81.4 cm³/mol. The molecule has 0 aliphatic heterocycles. The fourth-order valence-corrected chi connectivity index (χ4v) is 6.25. The van der Waals surface area contributed by atoms with Crippen LogP contribution in [0.3, 0.4) is 0 Å². The molecule has 0 unspecified atom stereocenters. The zero-order valence-corrected chi connectivity index (χ0v) is 13.1. The van der Waals surface area contributed by atoms with Crippen LogP contribution in [0.25, 0.3) is 0 Å². The van der Waals surface area contributed by atoms with Gasteiger partial charge in [0.25, 0.3) is 0 Å². The van der Waals surface area contributed by atoms with Crippen molar-refractivity contribution in [2.45, 2.75) is 57.9 Å². The van der Waals surface area contributed by atoms with Crippen molar-refractivity contribution in [3.05, 3.63) is 10.6 Å². The van der Waals surface area contributed by atoms with Gasteiger partial charge in [-0.2, -0.15) is 0 Å². The van der Waals surface area contributed by atoms with Gasteiger partial charge in [0.2, 0.25) is 0 Å². The number of carbonyl (C=O) groups excluding carboxylic acids is 1. The summed E-state index contributed by atoms with van der Waals surface area (Å²) in [5.74, 6) is 2.94. The summed E-state index contributed by atoms with van der Waals surface area (Å²) in [7, 11) is 0. The molecular weight excluding hydrogens is 268 g/mol. The quantitative estimate of drug-likeness (QED) is 0.854. The molecule has 0 radical (unpaired) electrons. The molecule has 20 heavy (non-hydrogen) atoms. The Morgan fingerprint density at radius 3 is 2.20 bits per heavy atom. The number of nitrogens with zero attached hydrogens (tertiary/aromatic N) is 1. The third-order valence-corrected chi connectivity index (χ3v) is 6.70. The van der Waals surface area contributed by atoms with E-state index in [0.29, 0.717) is 0 Å². The Balaban J connectivity index is 1.59.